The summed E-state index contributed by atoms with van der Waals surface area (Å²) in [6.07, 6.45) is 1.07. The van der Waals surface area contributed by atoms with Crippen LogP contribution in [0.3, 0.4) is 0 Å². The summed E-state index contributed by atoms with van der Waals surface area (Å²) >= 11 is 0. The maximum atomic E-state index is 12.1. The van der Waals surface area contributed by atoms with E-state index in [-0.39, 0.29) is 5.56 Å². The van der Waals surface area contributed by atoms with E-state index in [9.17, 15) is 9.90 Å². The van der Waals surface area contributed by atoms with Gasteiger partial charge in [-0.1, -0.05) is 12.1 Å². The van der Waals surface area contributed by atoms with Crippen LogP contribution in [-0.2, 0) is 0 Å². The van der Waals surface area contributed by atoms with Crippen molar-refractivity contribution in [3.8, 4) is 0 Å². The number of imidazole rings is 1. The third kappa shape index (κ3) is 2.89. The zero-order chi connectivity index (χ0) is 20.1. The van der Waals surface area contributed by atoms with E-state index in [2.05, 4.69) is 27.9 Å². The van der Waals surface area contributed by atoms with Crippen LogP contribution in [0.2, 0.25) is 0 Å². The molecule has 7 nitrogen and oxygen atoms in total. The zero-order valence-corrected chi connectivity index (χ0v) is 16.6. The fourth-order valence-electron chi connectivity index (χ4n) is 4.30. The number of anilines is 1. The molecule has 7 heteroatoms. The molecule has 0 amide bonds. The number of para-hydroxylation sites is 2. The maximum absolute atomic E-state index is 12.1. The quantitative estimate of drug-likeness (QED) is 0.568. The molecule has 0 aliphatic carbocycles. The zero-order valence-electron chi connectivity index (χ0n) is 16.6. The van der Waals surface area contributed by atoms with Crippen molar-refractivity contribution in [1.29, 1.82) is 0 Å². The number of likely N-dealkylation sites (N-methyl/N-ethyl adjacent to an activating group) is 1. The Morgan fingerprint density at radius 3 is 2.69 bits per heavy atom. The number of aryl methyl sites for hydroxylation is 1. The number of fused-ring (bicyclic) bond motifs is 5. The van der Waals surface area contributed by atoms with Gasteiger partial charge in [-0.2, -0.15) is 0 Å². The SMILES string of the molecule is Cc1cc(N2CCCN(C)CC2)c2cc(C(=O)O)c3nc4ccccc4n3c2n1. The Bertz CT molecular complexity index is 1260. The maximum Gasteiger partial charge on any atom is 0.339 e. The normalized spacial score (nSPS) is 16.0. The van der Waals surface area contributed by atoms with Gasteiger partial charge >= 0.3 is 5.97 Å². The summed E-state index contributed by atoms with van der Waals surface area (Å²) in [6.45, 7) is 5.87. The Labute approximate surface area is 168 Å². The van der Waals surface area contributed by atoms with E-state index >= 15 is 0 Å². The Balaban J connectivity index is 1.87. The van der Waals surface area contributed by atoms with E-state index in [0.717, 1.165) is 66.0 Å². The van der Waals surface area contributed by atoms with Crippen molar-refractivity contribution in [3.63, 3.8) is 0 Å². The molecule has 0 unspecified atom stereocenters. The number of carboxylic acid groups (broad SMARTS) is 1. The van der Waals surface area contributed by atoms with Crippen LogP contribution in [0.15, 0.2) is 36.4 Å². The van der Waals surface area contributed by atoms with Gasteiger partial charge < -0.3 is 14.9 Å². The van der Waals surface area contributed by atoms with E-state index in [4.69, 9.17) is 4.98 Å². The lowest BCUT2D eigenvalue weighted by Gasteiger charge is -2.25. The number of hydrogen-bond acceptors (Lipinski definition) is 5. The molecule has 29 heavy (non-hydrogen) atoms. The Hall–Kier alpha value is -3.19. The van der Waals surface area contributed by atoms with E-state index in [1.54, 1.807) is 6.07 Å². The molecule has 1 saturated heterocycles. The summed E-state index contributed by atoms with van der Waals surface area (Å²) in [5.74, 6) is -0.977. The number of aromatic carboxylic acids is 1. The smallest absolute Gasteiger partial charge is 0.339 e. The minimum absolute atomic E-state index is 0.201. The van der Waals surface area contributed by atoms with Crippen LogP contribution < -0.4 is 4.90 Å². The monoisotopic (exact) mass is 389 g/mol. The summed E-state index contributed by atoms with van der Waals surface area (Å²) in [6, 6.07) is 11.5. The van der Waals surface area contributed by atoms with E-state index in [1.807, 2.05) is 35.6 Å². The molecule has 0 atom stereocenters. The highest BCUT2D eigenvalue weighted by molar-refractivity contribution is 6.05. The molecule has 1 aliphatic rings. The summed E-state index contributed by atoms with van der Waals surface area (Å²) in [5.41, 5.74) is 4.99. The van der Waals surface area contributed by atoms with Crippen LogP contribution in [0.4, 0.5) is 5.69 Å². The molecule has 0 saturated carbocycles. The average molecular weight is 389 g/mol. The summed E-state index contributed by atoms with van der Waals surface area (Å²) < 4.78 is 1.90. The molecule has 1 N–H and O–H groups in total. The third-order valence-electron chi connectivity index (χ3n) is 5.74. The van der Waals surface area contributed by atoms with E-state index < -0.39 is 5.97 Å². The molecule has 148 valence electrons. The number of carbonyl (C=O) groups is 1. The molecule has 0 radical (unpaired) electrons. The van der Waals surface area contributed by atoms with Crippen molar-refractivity contribution >= 4 is 39.4 Å². The average Bonchev–Trinajstić information content (AvgIpc) is 2.95. The minimum atomic E-state index is -0.977. The van der Waals surface area contributed by atoms with Crippen LogP contribution in [0.25, 0.3) is 27.7 Å². The number of pyridine rings is 2. The first-order chi connectivity index (χ1) is 14.0. The molecule has 4 heterocycles. The number of nitrogens with zero attached hydrogens (tertiary/aromatic N) is 5. The lowest BCUT2D eigenvalue weighted by Crippen LogP contribution is -2.29. The molecule has 1 fully saturated rings. The Morgan fingerprint density at radius 1 is 1.03 bits per heavy atom. The fraction of sp³-hybridized carbons (Fsp3) is 0.318. The molecular formula is C22H23N5O2. The number of benzene rings is 1. The molecule has 3 aromatic heterocycles. The van der Waals surface area contributed by atoms with Gasteiger partial charge in [-0.3, -0.25) is 4.40 Å². The number of carboxylic acids is 1. The van der Waals surface area contributed by atoms with Crippen molar-refractivity contribution in [2.24, 2.45) is 0 Å². The molecular weight excluding hydrogens is 366 g/mol. The van der Waals surface area contributed by atoms with Crippen LogP contribution in [0.1, 0.15) is 22.5 Å². The van der Waals surface area contributed by atoms with Crippen molar-refractivity contribution < 1.29 is 9.90 Å². The predicted molar refractivity (Wildman–Crippen MR) is 114 cm³/mol. The highest BCUT2D eigenvalue weighted by Gasteiger charge is 2.22. The van der Waals surface area contributed by atoms with Gasteiger partial charge in [0.05, 0.1) is 11.0 Å². The summed E-state index contributed by atoms with van der Waals surface area (Å²) in [5, 5.41) is 10.8. The molecule has 5 rings (SSSR count). The molecule has 4 aromatic rings. The van der Waals surface area contributed by atoms with Gasteiger partial charge in [-0.05, 0) is 51.2 Å². The molecule has 0 spiro atoms. The molecule has 0 bridgehead atoms. The Kier molecular flexibility index (Phi) is 4.13. The first-order valence-electron chi connectivity index (χ1n) is 9.91. The van der Waals surface area contributed by atoms with Crippen molar-refractivity contribution in [2.75, 3.05) is 38.1 Å². The van der Waals surface area contributed by atoms with Crippen molar-refractivity contribution in [2.45, 2.75) is 13.3 Å². The van der Waals surface area contributed by atoms with E-state index in [1.165, 1.54) is 0 Å². The van der Waals surface area contributed by atoms with E-state index in [0.29, 0.717) is 5.65 Å². The Morgan fingerprint density at radius 2 is 1.86 bits per heavy atom. The number of aromatic nitrogens is 3. The highest BCUT2D eigenvalue weighted by atomic mass is 16.4. The highest BCUT2D eigenvalue weighted by Crippen LogP contribution is 2.32. The molecule has 1 aliphatic heterocycles. The molecule has 1 aromatic carbocycles. The van der Waals surface area contributed by atoms with Crippen molar-refractivity contribution in [1.82, 2.24) is 19.3 Å². The first kappa shape index (κ1) is 17.9. The van der Waals surface area contributed by atoms with Crippen LogP contribution in [0, 0.1) is 6.92 Å². The van der Waals surface area contributed by atoms with Gasteiger partial charge in [0.15, 0.2) is 5.65 Å². The second kappa shape index (κ2) is 6.70. The second-order valence-electron chi connectivity index (χ2n) is 7.79. The summed E-state index contributed by atoms with van der Waals surface area (Å²) in [4.78, 5) is 26.2. The lowest BCUT2D eigenvalue weighted by atomic mass is 10.1. The minimum Gasteiger partial charge on any atom is -0.478 e. The van der Waals surface area contributed by atoms with Gasteiger partial charge in [0.1, 0.15) is 11.2 Å². The van der Waals surface area contributed by atoms with Crippen LogP contribution in [0.5, 0.6) is 0 Å². The van der Waals surface area contributed by atoms with Gasteiger partial charge in [0, 0.05) is 36.4 Å². The van der Waals surface area contributed by atoms with Gasteiger partial charge in [0.25, 0.3) is 0 Å². The second-order valence-corrected chi connectivity index (χ2v) is 7.79. The van der Waals surface area contributed by atoms with Crippen LogP contribution >= 0.6 is 0 Å². The van der Waals surface area contributed by atoms with Gasteiger partial charge in [-0.15, -0.1) is 0 Å². The summed E-state index contributed by atoms with van der Waals surface area (Å²) in [7, 11) is 2.14. The number of hydrogen-bond donors (Lipinski definition) is 1. The van der Waals surface area contributed by atoms with Gasteiger partial charge in [0.2, 0.25) is 0 Å². The van der Waals surface area contributed by atoms with Crippen LogP contribution in [-0.4, -0.2) is 63.6 Å². The van der Waals surface area contributed by atoms with Gasteiger partial charge in [-0.25, -0.2) is 14.8 Å². The standard InChI is InChI=1S/C22H23N5O2/c1-14-12-19(26-9-5-8-25(2)10-11-26)15-13-16(22(28)29)21-24-17-6-3-4-7-18(17)27(21)20(15)23-14/h3-4,6-7,12-13H,5,8-11H2,1-2H3,(H,28,29). The lowest BCUT2D eigenvalue weighted by molar-refractivity contribution is 0.0698. The predicted octanol–water partition coefficient (Wildman–Crippen LogP) is 3.18. The fourth-order valence-corrected chi connectivity index (χ4v) is 4.30. The first-order valence-corrected chi connectivity index (χ1v) is 9.91. The third-order valence-corrected chi connectivity index (χ3v) is 5.74. The van der Waals surface area contributed by atoms with Crippen molar-refractivity contribution in [3.05, 3.63) is 47.7 Å². The largest absolute Gasteiger partial charge is 0.478 e. The number of rotatable bonds is 2. The topological polar surface area (TPSA) is 74.0 Å².